The van der Waals surface area contributed by atoms with Gasteiger partial charge in [0.25, 0.3) is 0 Å². The van der Waals surface area contributed by atoms with Crippen LogP contribution in [0.2, 0.25) is 0 Å². The third kappa shape index (κ3) is 4.06. The maximum atomic E-state index is 10.1. The number of nitrogens with one attached hydrogen (secondary N) is 1. The van der Waals surface area contributed by atoms with Crippen LogP contribution in [0.5, 0.6) is 0 Å². The maximum Gasteiger partial charge on any atom is 0.0692 e. The van der Waals surface area contributed by atoms with E-state index in [2.05, 4.69) is 33.0 Å². The minimum atomic E-state index is -0.171. The molecule has 0 radical (unpaired) electrons. The van der Waals surface area contributed by atoms with Gasteiger partial charge in [-0.25, -0.2) is 0 Å². The van der Waals surface area contributed by atoms with Crippen LogP contribution in [0.3, 0.4) is 0 Å². The molecule has 1 saturated carbocycles. The molecule has 0 aromatic carbocycles. The van der Waals surface area contributed by atoms with E-state index in [1.807, 2.05) is 0 Å². The first kappa shape index (κ1) is 14.0. The van der Waals surface area contributed by atoms with E-state index in [-0.39, 0.29) is 6.10 Å². The van der Waals surface area contributed by atoms with Gasteiger partial charge in [-0.3, -0.25) is 0 Å². The molecule has 0 saturated heterocycles. The molecule has 0 amide bonds. The summed E-state index contributed by atoms with van der Waals surface area (Å²) in [4.78, 5) is 0. The molecular formula is C14H29NO. The van der Waals surface area contributed by atoms with E-state index in [0.29, 0.717) is 17.9 Å². The van der Waals surface area contributed by atoms with Crippen molar-refractivity contribution in [2.75, 3.05) is 6.54 Å². The molecule has 0 aliphatic heterocycles. The minimum Gasteiger partial charge on any atom is -0.392 e. The quantitative estimate of drug-likeness (QED) is 0.668. The SMILES string of the molecule is CCC(CC)C(O)CNC(C(C)C)C1CC1. The van der Waals surface area contributed by atoms with Crippen LogP contribution in [0.25, 0.3) is 0 Å². The Balaban J connectivity index is 2.30. The fraction of sp³-hybridized carbons (Fsp3) is 1.00. The molecule has 1 rings (SSSR count). The molecule has 1 fully saturated rings. The standard InChI is InChI=1S/C14H29NO/c1-5-11(6-2)13(16)9-15-14(10(3)4)12-7-8-12/h10-16H,5-9H2,1-4H3. The molecule has 96 valence electrons. The van der Waals surface area contributed by atoms with Crippen LogP contribution in [0, 0.1) is 17.8 Å². The van der Waals surface area contributed by atoms with E-state index in [9.17, 15) is 5.11 Å². The van der Waals surface area contributed by atoms with Gasteiger partial charge in [0.1, 0.15) is 0 Å². The van der Waals surface area contributed by atoms with Crippen molar-refractivity contribution in [3.05, 3.63) is 0 Å². The molecule has 2 atom stereocenters. The van der Waals surface area contributed by atoms with E-state index in [1.165, 1.54) is 12.8 Å². The first-order valence-electron chi connectivity index (χ1n) is 7.01. The fourth-order valence-corrected chi connectivity index (χ4v) is 2.66. The molecule has 0 spiro atoms. The number of hydrogen-bond acceptors (Lipinski definition) is 2. The highest BCUT2D eigenvalue weighted by molar-refractivity contribution is 4.89. The van der Waals surface area contributed by atoms with Crippen LogP contribution in [-0.4, -0.2) is 23.8 Å². The Hall–Kier alpha value is -0.0800. The molecule has 16 heavy (non-hydrogen) atoms. The lowest BCUT2D eigenvalue weighted by molar-refractivity contribution is 0.0948. The van der Waals surface area contributed by atoms with Crippen LogP contribution in [0.1, 0.15) is 53.4 Å². The summed E-state index contributed by atoms with van der Waals surface area (Å²) in [6.07, 6.45) is 4.73. The Morgan fingerprint density at radius 3 is 2.12 bits per heavy atom. The molecular weight excluding hydrogens is 198 g/mol. The number of rotatable bonds is 8. The second kappa shape index (κ2) is 6.61. The van der Waals surface area contributed by atoms with Gasteiger partial charge >= 0.3 is 0 Å². The van der Waals surface area contributed by atoms with Crippen molar-refractivity contribution in [3.8, 4) is 0 Å². The first-order chi connectivity index (χ1) is 7.60. The van der Waals surface area contributed by atoms with E-state index >= 15 is 0 Å². The van der Waals surface area contributed by atoms with Gasteiger partial charge in [-0.05, 0) is 30.6 Å². The van der Waals surface area contributed by atoms with E-state index in [1.54, 1.807) is 0 Å². The summed E-state index contributed by atoms with van der Waals surface area (Å²) in [5.41, 5.74) is 0. The number of hydrogen-bond donors (Lipinski definition) is 2. The van der Waals surface area contributed by atoms with Crippen molar-refractivity contribution in [1.29, 1.82) is 0 Å². The van der Waals surface area contributed by atoms with E-state index in [4.69, 9.17) is 0 Å². The van der Waals surface area contributed by atoms with Crippen LogP contribution in [-0.2, 0) is 0 Å². The van der Waals surface area contributed by atoms with Gasteiger partial charge in [-0.1, -0.05) is 40.5 Å². The summed E-state index contributed by atoms with van der Waals surface area (Å²) in [5, 5.41) is 13.7. The van der Waals surface area contributed by atoms with Crippen molar-refractivity contribution < 1.29 is 5.11 Å². The molecule has 0 heterocycles. The largest absolute Gasteiger partial charge is 0.392 e. The van der Waals surface area contributed by atoms with Gasteiger partial charge < -0.3 is 10.4 Å². The average Bonchev–Trinajstić information content (AvgIpc) is 3.03. The van der Waals surface area contributed by atoms with Crippen molar-refractivity contribution >= 4 is 0 Å². The molecule has 2 heteroatoms. The van der Waals surface area contributed by atoms with Crippen LogP contribution >= 0.6 is 0 Å². The lowest BCUT2D eigenvalue weighted by atomic mass is 9.95. The van der Waals surface area contributed by atoms with E-state index in [0.717, 1.165) is 25.3 Å². The Morgan fingerprint density at radius 1 is 1.19 bits per heavy atom. The monoisotopic (exact) mass is 227 g/mol. The Labute approximate surface area is 101 Å². The molecule has 0 aromatic heterocycles. The number of aliphatic hydroxyl groups excluding tert-OH is 1. The summed E-state index contributed by atoms with van der Waals surface area (Å²) in [5.74, 6) is 2.01. The lowest BCUT2D eigenvalue weighted by Crippen LogP contribution is -2.42. The molecule has 1 aliphatic carbocycles. The predicted molar refractivity (Wildman–Crippen MR) is 69.4 cm³/mol. The second-order valence-electron chi connectivity index (χ2n) is 5.66. The highest BCUT2D eigenvalue weighted by Gasteiger charge is 2.33. The van der Waals surface area contributed by atoms with Gasteiger partial charge in [0, 0.05) is 12.6 Å². The minimum absolute atomic E-state index is 0.171. The highest BCUT2D eigenvalue weighted by Crippen LogP contribution is 2.35. The van der Waals surface area contributed by atoms with Crippen molar-refractivity contribution in [2.45, 2.75) is 65.5 Å². The average molecular weight is 227 g/mol. The van der Waals surface area contributed by atoms with Crippen molar-refractivity contribution in [1.82, 2.24) is 5.32 Å². The molecule has 0 aromatic rings. The number of aliphatic hydroxyl groups is 1. The summed E-state index contributed by atoms with van der Waals surface area (Å²) in [6, 6.07) is 0.615. The molecule has 1 aliphatic rings. The smallest absolute Gasteiger partial charge is 0.0692 e. The summed E-state index contributed by atoms with van der Waals surface area (Å²) >= 11 is 0. The normalized spacial score (nSPS) is 20.4. The second-order valence-corrected chi connectivity index (χ2v) is 5.66. The fourth-order valence-electron chi connectivity index (χ4n) is 2.66. The van der Waals surface area contributed by atoms with Gasteiger partial charge in [-0.15, -0.1) is 0 Å². The van der Waals surface area contributed by atoms with Gasteiger partial charge in [0.15, 0.2) is 0 Å². The topological polar surface area (TPSA) is 32.3 Å². The Kier molecular flexibility index (Phi) is 5.77. The maximum absolute atomic E-state index is 10.1. The van der Waals surface area contributed by atoms with E-state index < -0.39 is 0 Å². The molecule has 0 bridgehead atoms. The third-order valence-electron chi connectivity index (χ3n) is 4.00. The van der Waals surface area contributed by atoms with Crippen LogP contribution in [0.4, 0.5) is 0 Å². The zero-order valence-electron chi connectivity index (χ0n) is 11.4. The van der Waals surface area contributed by atoms with Crippen LogP contribution in [0.15, 0.2) is 0 Å². The summed E-state index contributed by atoms with van der Waals surface area (Å²) < 4.78 is 0. The van der Waals surface area contributed by atoms with Crippen molar-refractivity contribution in [3.63, 3.8) is 0 Å². The Bertz CT molecular complexity index is 183. The highest BCUT2D eigenvalue weighted by atomic mass is 16.3. The van der Waals surface area contributed by atoms with Gasteiger partial charge in [0.05, 0.1) is 6.10 Å². The van der Waals surface area contributed by atoms with Crippen LogP contribution < -0.4 is 5.32 Å². The molecule has 2 unspecified atom stereocenters. The van der Waals surface area contributed by atoms with Crippen molar-refractivity contribution in [2.24, 2.45) is 17.8 Å². The predicted octanol–water partition coefficient (Wildman–Crippen LogP) is 2.81. The zero-order chi connectivity index (χ0) is 12.1. The summed E-state index contributed by atoms with van der Waals surface area (Å²) in [6.45, 7) is 9.65. The molecule has 2 nitrogen and oxygen atoms in total. The van der Waals surface area contributed by atoms with Gasteiger partial charge in [-0.2, -0.15) is 0 Å². The first-order valence-corrected chi connectivity index (χ1v) is 7.01. The van der Waals surface area contributed by atoms with Gasteiger partial charge in [0.2, 0.25) is 0 Å². The summed E-state index contributed by atoms with van der Waals surface area (Å²) in [7, 11) is 0. The Morgan fingerprint density at radius 2 is 1.75 bits per heavy atom. The third-order valence-corrected chi connectivity index (χ3v) is 4.00. The zero-order valence-corrected chi connectivity index (χ0v) is 11.4. The molecule has 2 N–H and O–H groups in total. The lowest BCUT2D eigenvalue weighted by Gasteiger charge is -2.26.